The molecule has 3 heteroatoms. The van der Waals surface area contributed by atoms with Crippen molar-refractivity contribution >= 4 is 11.8 Å². The SMILES string of the molecule is CCSC1(CNC(C)C(C)C)CCOCC1. The molecule has 1 aliphatic heterocycles. The van der Waals surface area contributed by atoms with E-state index in [-0.39, 0.29) is 0 Å². The minimum atomic E-state index is 0.427. The molecule has 1 aliphatic rings. The summed E-state index contributed by atoms with van der Waals surface area (Å²) in [6.07, 6.45) is 2.40. The number of thioether (sulfide) groups is 1. The molecule has 0 aromatic carbocycles. The van der Waals surface area contributed by atoms with Crippen molar-refractivity contribution in [1.29, 1.82) is 0 Å². The normalized spacial score (nSPS) is 22.3. The van der Waals surface area contributed by atoms with Crippen molar-refractivity contribution in [3.8, 4) is 0 Å². The topological polar surface area (TPSA) is 21.3 Å². The van der Waals surface area contributed by atoms with E-state index in [1.165, 1.54) is 18.6 Å². The van der Waals surface area contributed by atoms with Crippen molar-refractivity contribution in [3.05, 3.63) is 0 Å². The Morgan fingerprint density at radius 2 is 1.88 bits per heavy atom. The lowest BCUT2D eigenvalue weighted by Crippen LogP contribution is -2.46. The van der Waals surface area contributed by atoms with Crippen molar-refractivity contribution in [3.63, 3.8) is 0 Å². The molecule has 0 spiro atoms. The van der Waals surface area contributed by atoms with Gasteiger partial charge in [0.1, 0.15) is 0 Å². The molecule has 0 aromatic heterocycles. The minimum absolute atomic E-state index is 0.427. The van der Waals surface area contributed by atoms with Crippen molar-refractivity contribution in [2.24, 2.45) is 5.92 Å². The van der Waals surface area contributed by atoms with Crippen LogP contribution in [0.5, 0.6) is 0 Å². The van der Waals surface area contributed by atoms with Gasteiger partial charge in [0.25, 0.3) is 0 Å². The Morgan fingerprint density at radius 1 is 1.25 bits per heavy atom. The Hall–Kier alpha value is 0.270. The first-order valence-electron chi connectivity index (χ1n) is 6.55. The first kappa shape index (κ1) is 14.3. The van der Waals surface area contributed by atoms with Crippen LogP contribution in [0, 0.1) is 5.92 Å². The Labute approximate surface area is 105 Å². The molecule has 16 heavy (non-hydrogen) atoms. The molecule has 96 valence electrons. The maximum absolute atomic E-state index is 5.48. The Bertz CT molecular complexity index is 185. The number of nitrogens with one attached hydrogen (secondary N) is 1. The maximum atomic E-state index is 5.48. The number of rotatable bonds is 6. The molecule has 1 unspecified atom stereocenters. The molecule has 0 radical (unpaired) electrons. The zero-order valence-corrected chi connectivity index (χ0v) is 12.0. The Morgan fingerprint density at radius 3 is 2.38 bits per heavy atom. The van der Waals surface area contributed by atoms with Crippen LogP contribution in [-0.2, 0) is 4.74 Å². The predicted molar refractivity (Wildman–Crippen MR) is 73.2 cm³/mol. The van der Waals surface area contributed by atoms with Gasteiger partial charge in [0.05, 0.1) is 0 Å². The molecule has 1 N–H and O–H groups in total. The maximum Gasteiger partial charge on any atom is 0.0479 e. The number of hydrogen-bond donors (Lipinski definition) is 1. The minimum Gasteiger partial charge on any atom is -0.381 e. The summed E-state index contributed by atoms with van der Waals surface area (Å²) in [5.74, 6) is 1.92. The van der Waals surface area contributed by atoms with Gasteiger partial charge in [-0.05, 0) is 31.4 Å². The van der Waals surface area contributed by atoms with Crippen LogP contribution in [0.15, 0.2) is 0 Å². The van der Waals surface area contributed by atoms with Crippen LogP contribution >= 0.6 is 11.8 Å². The van der Waals surface area contributed by atoms with Crippen LogP contribution in [0.4, 0.5) is 0 Å². The van der Waals surface area contributed by atoms with E-state index in [4.69, 9.17) is 4.74 Å². The molecule has 1 heterocycles. The fourth-order valence-corrected chi connectivity index (χ4v) is 3.26. The molecule has 2 nitrogen and oxygen atoms in total. The monoisotopic (exact) mass is 245 g/mol. The average molecular weight is 245 g/mol. The zero-order valence-electron chi connectivity index (χ0n) is 11.2. The van der Waals surface area contributed by atoms with Gasteiger partial charge < -0.3 is 10.1 Å². The van der Waals surface area contributed by atoms with Crippen LogP contribution in [0.3, 0.4) is 0 Å². The summed E-state index contributed by atoms with van der Waals surface area (Å²) in [6.45, 7) is 12.1. The van der Waals surface area contributed by atoms with Crippen molar-refractivity contribution in [2.75, 3.05) is 25.5 Å². The molecule has 0 bridgehead atoms. The first-order chi connectivity index (χ1) is 7.59. The smallest absolute Gasteiger partial charge is 0.0479 e. The van der Waals surface area contributed by atoms with E-state index in [1.807, 2.05) is 0 Å². The molecular formula is C13H27NOS. The largest absolute Gasteiger partial charge is 0.381 e. The van der Waals surface area contributed by atoms with Crippen LogP contribution in [0.25, 0.3) is 0 Å². The van der Waals surface area contributed by atoms with Gasteiger partial charge in [0, 0.05) is 30.5 Å². The van der Waals surface area contributed by atoms with Crippen molar-refractivity contribution in [1.82, 2.24) is 5.32 Å². The predicted octanol–water partition coefficient (Wildman–Crippen LogP) is 2.92. The Balaban J connectivity index is 2.43. The van der Waals surface area contributed by atoms with E-state index in [9.17, 15) is 0 Å². The van der Waals surface area contributed by atoms with Crippen LogP contribution in [-0.4, -0.2) is 36.3 Å². The molecule has 0 aromatic rings. The second-order valence-corrected chi connectivity index (χ2v) is 6.87. The lowest BCUT2D eigenvalue weighted by atomic mass is 9.97. The highest BCUT2D eigenvalue weighted by Gasteiger charge is 2.32. The Kier molecular flexibility index (Phi) is 6.16. The third-order valence-electron chi connectivity index (χ3n) is 3.60. The molecule has 1 atom stereocenters. The fourth-order valence-electron chi connectivity index (χ4n) is 2.00. The molecule has 1 rings (SSSR count). The summed E-state index contributed by atoms with van der Waals surface area (Å²) in [4.78, 5) is 0. The summed E-state index contributed by atoms with van der Waals surface area (Å²) in [7, 11) is 0. The van der Waals surface area contributed by atoms with Crippen molar-refractivity contribution < 1.29 is 4.74 Å². The van der Waals surface area contributed by atoms with E-state index in [1.54, 1.807) is 0 Å². The highest BCUT2D eigenvalue weighted by molar-refractivity contribution is 8.00. The van der Waals surface area contributed by atoms with Gasteiger partial charge in [0.15, 0.2) is 0 Å². The van der Waals surface area contributed by atoms with Gasteiger partial charge in [-0.1, -0.05) is 20.8 Å². The van der Waals surface area contributed by atoms with Gasteiger partial charge in [-0.15, -0.1) is 0 Å². The van der Waals surface area contributed by atoms with Gasteiger partial charge in [-0.3, -0.25) is 0 Å². The summed E-state index contributed by atoms with van der Waals surface area (Å²) in [5, 5.41) is 3.70. The lowest BCUT2D eigenvalue weighted by molar-refractivity contribution is 0.0761. The molecule has 0 saturated carbocycles. The van der Waals surface area contributed by atoms with Crippen LogP contribution in [0.2, 0.25) is 0 Å². The number of hydrogen-bond acceptors (Lipinski definition) is 3. The van der Waals surface area contributed by atoms with E-state index in [0.29, 0.717) is 16.7 Å². The standard InChI is InChI=1S/C13H27NOS/c1-5-16-13(6-8-15-9-7-13)10-14-12(4)11(2)3/h11-12,14H,5-10H2,1-4H3. The van der Waals surface area contributed by atoms with E-state index in [2.05, 4.69) is 44.8 Å². The molecule has 0 aliphatic carbocycles. The molecule has 1 fully saturated rings. The average Bonchev–Trinajstić information content (AvgIpc) is 2.27. The highest BCUT2D eigenvalue weighted by Crippen LogP contribution is 2.34. The third kappa shape index (κ3) is 4.27. The summed E-state index contributed by atoms with van der Waals surface area (Å²) in [6, 6.07) is 0.608. The first-order valence-corrected chi connectivity index (χ1v) is 7.53. The number of ether oxygens (including phenoxy) is 1. The zero-order chi connectivity index (χ0) is 12.0. The summed E-state index contributed by atoms with van der Waals surface area (Å²) >= 11 is 2.11. The molecular weight excluding hydrogens is 218 g/mol. The fraction of sp³-hybridized carbons (Fsp3) is 1.00. The van der Waals surface area contributed by atoms with Crippen LogP contribution < -0.4 is 5.32 Å². The highest BCUT2D eigenvalue weighted by atomic mass is 32.2. The van der Waals surface area contributed by atoms with Gasteiger partial charge in [-0.2, -0.15) is 11.8 Å². The quantitative estimate of drug-likeness (QED) is 0.777. The second kappa shape index (κ2) is 6.87. The van der Waals surface area contributed by atoms with Gasteiger partial charge in [-0.25, -0.2) is 0 Å². The van der Waals surface area contributed by atoms with Gasteiger partial charge >= 0.3 is 0 Å². The molecule has 0 amide bonds. The lowest BCUT2D eigenvalue weighted by Gasteiger charge is -2.38. The molecule has 1 saturated heterocycles. The summed E-state index contributed by atoms with van der Waals surface area (Å²) in [5.41, 5.74) is 0. The van der Waals surface area contributed by atoms with E-state index in [0.717, 1.165) is 19.8 Å². The van der Waals surface area contributed by atoms with Crippen LogP contribution in [0.1, 0.15) is 40.5 Å². The van der Waals surface area contributed by atoms with Crippen molar-refractivity contribution in [2.45, 2.75) is 51.3 Å². The van der Waals surface area contributed by atoms with E-state index < -0.39 is 0 Å². The van der Waals surface area contributed by atoms with E-state index >= 15 is 0 Å². The van der Waals surface area contributed by atoms with Gasteiger partial charge in [0.2, 0.25) is 0 Å². The third-order valence-corrected chi connectivity index (χ3v) is 5.05. The summed E-state index contributed by atoms with van der Waals surface area (Å²) < 4.78 is 5.91. The second-order valence-electron chi connectivity index (χ2n) is 5.14.